The van der Waals surface area contributed by atoms with E-state index in [2.05, 4.69) is 9.97 Å². The van der Waals surface area contributed by atoms with Crippen molar-refractivity contribution in [2.24, 2.45) is 0 Å². The molecule has 0 radical (unpaired) electrons. The molecule has 7 nitrogen and oxygen atoms in total. The lowest BCUT2D eigenvalue weighted by Gasteiger charge is -2.26. The Morgan fingerprint density at radius 2 is 1.74 bits per heavy atom. The number of carboxylic acid groups (broad SMARTS) is 2. The molecule has 0 aliphatic heterocycles. The van der Waals surface area contributed by atoms with Crippen LogP contribution >= 0.6 is 0 Å². The van der Waals surface area contributed by atoms with E-state index in [1.54, 1.807) is 11.8 Å². The Bertz CT molecular complexity index is 764. The highest BCUT2D eigenvalue weighted by Crippen LogP contribution is 2.28. The van der Waals surface area contributed by atoms with Gasteiger partial charge in [0.05, 0.1) is 5.52 Å². The Labute approximate surface area is 132 Å². The summed E-state index contributed by atoms with van der Waals surface area (Å²) < 4.78 is 0. The van der Waals surface area contributed by atoms with Crippen LogP contribution in [0.1, 0.15) is 20.3 Å². The Kier molecular flexibility index (Phi) is 4.90. The molecule has 2 N–H and O–H groups in total. The molecular weight excluding hydrogens is 298 g/mol. The van der Waals surface area contributed by atoms with Crippen molar-refractivity contribution in [1.82, 2.24) is 9.97 Å². The molecule has 120 valence electrons. The number of carbonyl (C=O) groups is 2. The molecule has 2 aromatic rings. The number of fused-ring (bicyclic) bond motifs is 1. The van der Waals surface area contributed by atoms with Crippen LogP contribution in [0.4, 0.5) is 5.82 Å². The molecule has 1 aromatic heterocycles. The molecule has 0 bridgehead atoms. The van der Waals surface area contributed by atoms with Gasteiger partial charge in [0.2, 0.25) is 0 Å². The second kappa shape index (κ2) is 6.87. The maximum absolute atomic E-state index is 11.4. The van der Waals surface area contributed by atoms with Crippen LogP contribution in [0.25, 0.3) is 10.9 Å². The number of allylic oxidation sites excluding steroid dienone is 1. The standard InChI is InChI=1S/C16H17N3O4/c1-3-12(13(15(20)21)16(22)23)19(4-2)14-10-7-5-6-8-11(10)17-9-18-14/h5-9H,3-4H2,1-2H3,(H,20,21)(H,22,23). The third-order valence-corrected chi connectivity index (χ3v) is 3.47. The zero-order chi connectivity index (χ0) is 17.0. The maximum Gasteiger partial charge on any atom is 0.344 e. The third-order valence-electron chi connectivity index (χ3n) is 3.47. The zero-order valence-electron chi connectivity index (χ0n) is 12.9. The van der Waals surface area contributed by atoms with Gasteiger partial charge in [0, 0.05) is 17.6 Å². The Morgan fingerprint density at radius 3 is 2.30 bits per heavy atom. The predicted octanol–water partition coefficient (Wildman–Crippen LogP) is 2.29. The molecule has 1 heterocycles. The van der Waals surface area contributed by atoms with Gasteiger partial charge in [0.15, 0.2) is 5.57 Å². The van der Waals surface area contributed by atoms with E-state index in [0.29, 0.717) is 17.9 Å². The van der Waals surface area contributed by atoms with E-state index in [1.165, 1.54) is 6.33 Å². The predicted molar refractivity (Wildman–Crippen MR) is 85.1 cm³/mol. The number of hydrogen-bond acceptors (Lipinski definition) is 5. The van der Waals surface area contributed by atoms with Crippen molar-refractivity contribution in [3.05, 3.63) is 41.9 Å². The number of para-hydroxylation sites is 1. The minimum atomic E-state index is -1.47. The fourth-order valence-electron chi connectivity index (χ4n) is 2.52. The molecule has 23 heavy (non-hydrogen) atoms. The lowest BCUT2D eigenvalue weighted by Crippen LogP contribution is -2.28. The Hall–Kier alpha value is -2.96. The van der Waals surface area contributed by atoms with Crippen molar-refractivity contribution in [2.45, 2.75) is 20.3 Å². The topological polar surface area (TPSA) is 104 Å². The first kappa shape index (κ1) is 16.4. The minimum absolute atomic E-state index is 0.205. The number of carboxylic acids is 2. The minimum Gasteiger partial charge on any atom is -0.477 e. The van der Waals surface area contributed by atoms with Gasteiger partial charge >= 0.3 is 11.9 Å². The first-order valence-electron chi connectivity index (χ1n) is 7.18. The molecule has 0 atom stereocenters. The third kappa shape index (κ3) is 3.13. The molecule has 0 spiro atoms. The summed E-state index contributed by atoms with van der Waals surface area (Å²) in [6.07, 6.45) is 1.63. The van der Waals surface area contributed by atoms with E-state index in [-0.39, 0.29) is 12.1 Å². The molecule has 2 rings (SSSR count). The summed E-state index contributed by atoms with van der Waals surface area (Å²) in [5.74, 6) is -2.44. The number of hydrogen-bond donors (Lipinski definition) is 2. The van der Waals surface area contributed by atoms with Gasteiger partial charge in [-0.2, -0.15) is 0 Å². The first-order chi connectivity index (χ1) is 11.0. The number of nitrogens with zero attached hydrogens (tertiary/aromatic N) is 3. The van der Waals surface area contributed by atoms with Crippen LogP contribution in [0.5, 0.6) is 0 Å². The van der Waals surface area contributed by atoms with Crippen molar-refractivity contribution in [3.8, 4) is 0 Å². The van der Waals surface area contributed by atoms with Gasteiger partial charge in [0.25, 0.3) is 0 Å². The lowest BCUT2D eigenvalue weighted by atomic mass is 10.1. The average Bonchev–Trinajstić information content (AvgIpc) is 2.53. The van der Waals surface area contributed by atoms with Crippen LogP contribution in [-0.4, -0.2) is 38.7 Å². The van der Waals surface area contributed by atoms with Gasteiger partial charge in [-0.1, -0.05) is 19.1 Å². The summed E-state index contributed by atoms with van der Waals surface area (Å²) in [4.78, 5) is 32.7. The molecule has 0 aliphatic carbocycles. The van der Waals surface area contributed by atoms with Crippen LogP contribution in [0.2, 0.25) is 0 Å². The number of anilines is 1. The van der Waals surface area contributed by atoms with Gasteiger partial charge in [-0.05, 0) is 25.5 Å². The van der Waals surface area contributed by atoms with E-state index in [4.69, 9.17) is 0 Å². The number of aromatic nitrogens is 2. The molecule has 0 unspecified atom stereocenters. The summed E-state index contributed by atoms with van der Waals surface area (Å²) >= 11 is 0. The highest BCUT2D eigenvalue weighted by molar-refractivity contribution is 6.13. The lowest BCUT2D eigenvalue weighted by molar-refractivity contribution is -0.140. The number of rotatable bonds is 6. The molecule has 7 heteroatoms. The van der Waals surface area contributed by atoms with E-state index in [1.807, 2.05) is 31.2 Å². The smallest absolute Gasteiger partial charge is 0.344 e. The molecular formula is C16H17N3O4. The second-order valence-corrected chi connectivity index (χ2v) is 4.74. The fraction of sp³-hybridized carbons (Fsp3) is 0.250. The van der Waals surface area contributed by atoms with Gasteiger partial charge in [-0.15, -0.1) is 0 Å². The Morgan fingerprint density at radius 1 is 1.09 bits per heavy atom. The molecule has 0 saturated carbocycles. The van der Waals surface area contributed by atoms with Crippen molar-refractivity contribution >= 4 is 28.7 Å². The van der Waals surface area contributed by atoms with Crippen molar-refractivity contribution in [2.75, 3.05) is 11.4 Å². The summed E-state index contributed by atoms with van der Waals surface area (Å²) in [5, 5.41) is 19.2. The molecule has 1 aromatic carbocycles. The Balaban J connectivity index is 2.72. The van der Waals surface area contributed by atoms with Crippen LogP contribution in [0, 0.1) is 0 Å². The van der Waals surface area contributed by atoms with Crippen LogP contribution in [0.3, 0.4) is 0 Å². The van der Waals surface area contributed by atoms with Gasteiger partial charge < -0.3 is 15.1 Å². The molecule has 0 saturated heterocycles. The van der Waals surface area contributed by atoms with Crippen LogP contribution in [0.15, 0.2) is 41.9 Å². The maximum atomic E-state index is 11.4. The van der Waals surface area contributed by atoms with Crippen molar-refractivity contribution in [3.63, 3.8) is 0 Å². The largest absolute Gasteiger partial charge is 0.477 e. The van der Waals surface area contributed by atoms with Crippen molar-refractivity contribution < 1.29 is 19.8 Å². The van der Waals surface area contributed by atoms with Crippen LogP contribution in [-0.2, 0) is 9.59 Å². The van der Waals surface area contributed by atoms with E-state index in [9.17, 15) is 19.8 Å². The normalized spacial score (nSPS) is 10.3. The molecule has 0 amide bonds. The second-order valence-electron chi connectivity index (χ2n) is 4.74. The fourth-order valence-corrected chi connectivity index (χ4v) is 2.52. The molecule has 0 fully saturated rings. The molecule has 0 aliphatic rings. The van der Waals surface area contributed by atoms with E-state index < -0.39 is 17.5 Å². The average molecular weight is 315 g/mol. The number of benzene rings is 1. The van der Waals surface area contributed by atoms with E-state index >= 15 is 0 Å². The van der Waals surface area contributed by atoms with Gasteiger partial charge in [0.1, 0.15) is 12.1 Å². The summed E-state index contributed by atoms with van der Waals surface area (Å²) in [5.41, 5.74) is 0.270. The quantitative estimate of drug-likeness (QED) is 0.479. The monoisotopic (exact) mass is 315 g/mol. The highest BCUT2D eigenvalue weighted by Gasteiger charge is 2.26. The van der Waals surface area contributed by atoms with Crippen LogP contribution < -0.4 is 4.90 Å². The SMILES string of the molecule is CCC(=C(C(=O)O)C(=O)O)N(CC)c1ncnc2ccccc12. The van der Waals surface area contributed by atoms with Gasteiger partial charge in [-0.3, -0.25) is 0 Å². The van der Waals surface area contributed by atoms with E-state index in [0.717, 1.165) is 5.39 Å². The van der Waals surface area contributed by atoms with Crippen molar-refractivity contribution in [1.29, 1.82) is 0 Å². The van der Waals surface area contributed by atoms with Gasteiger partial charge in [-0.25, -0.2) is 19.6 Å². The summed E-state index contributed by atoms with van der Waals surface area (Å²) in [7, 11) is 0. The summed E-state index contributed by atoms with van der Waals surface area (Å²) in [6, 6.07) is 7.31. The number of aliphatic carboxylic acids is 2. The summed E-state index contributed by atoms with van der Waals surface area (Å²) in [6.45, 7) is 3.91. The first-order valence-corrected chi connectivity index (χ1v) is 7.18. The zero-order valence-corrected chi connectivity index (χ0v) is 12.9. The highest BCUT2D eigenvalue weighted by atomic mass is 16.4.